The third-order valence-corrected chi connectivity index (χ3v) is 3.81. The molecular weight excluding hydrogens is 279 g/mol. The van der Waals surface area contributed by atoms with Crippen molar-refractivity contribution in [3.63, 3.8) is 0 Å². The van der Waals surface area contributed by atoms with Crippen LogP contribution in [0, 0.1) is 5.82 Å². The van der Waals surface area contributed by atoms with Gasteiger partial charge in [-0.05, 0) is 18.6 Å². The minimum absolute atomic E-state index is 0.302. The van der Waals surface area contributed by atoms with E-state index < -0.39 is 0 Å². The molecule has 5 heteroatoms. The standard InChI is InChI=1S/C15H16ClFN2O/c1-2-6-18-14-9-8-20-7-5-12(9)19-15-10(16)3-4-11(17)13(14)15/h3-4H,2,5-8H2,1H3,(H,18,19). The van der Waals surface area contributed by atoms with Crippen molar-refractivity contribution in [3.8, 4) is 0 Å². The van der Waals surface area contributed by atoms with Gasteiger partial charge in [0.25, 0.3) is 0 Å². The van der Waals surface area contributed by atoms with Crippen LogP contribution in [0.2, 0.25) is 5.02 Å². The van der Waals surface area contributed by atoms with Crippen LogP contribution in [0.15, 0.2) is 12.1 Å². The Morgan fingerprint density at radius 1 is 1.45 bits per heavy atom. The summed E-state index contributed by atoms with van der Waals surface area (Å²) in [4.78, 5) is 4.55. The van der Waals surface area contributed by atoms with Crippen LogP contribution in [0.25, 0.3) is 10.9 Å². The fraction of sp³-hybridized carbons (Fsp3) is 0.400. The van der Waals surface area contributed by atoms with Gasteiger partial charge in [0.1, 0.15) is 5.82 Å². The van der Waals surface area contributed by atoms with Gasteiger partial charge in [0.15, 0.2) is 0 Å². The number of fused-ring (bicyclic) bond motifs is 2. The van der Waals surface area contributed by atoms with Crippen LogP contribution in [0.3, 0.4) is 0 Å². The molecule has 1 aliphatic rings. The molecular formula is C15H16ClFN2O. The zero-order valence-corrected chi connectivity index (χ0v) is 12.1. The lowest BCUT2D eigenvalue weighted by Gasteiger charge is -2.22. The Bertz CT molecular complexity index is 660. The predicted molar refractivity (Wildman–Crippen MR) is 78.9 cm³/mol. The summed E-state index contributed by atoms with van der Waals surface area (Å²) < 4.78 is 19.7. The average molecular weight is 295 g/mol. The highest BCUT2D eigenvalue weighted by molar-refractivity contribution is 6.35. The Kier molecular flexibility index (Phi) is 3.76. The molecule has 0 saturated heterocycles. The minimum atomic E-state index is -0.302. The second-order valence-corrected chi connectivity index (χ2v) is 5.30. The fourth-order valence-electron chi connectivity index (χ4n) is 2.54. The first-order valence-corrected chi connectivity index (χ1v) is 7.21. The normalized spacial score (nSPS) is 14.3. The quantitative estimate of drug-likeness (QED) is 0.931. The SMILES string of the molecule is CCCNc1c2c(nc3c(Cl)ccc(F)c13)CCOC2. The van der Waals surface area contributed by atoms with Crippen molar-refractivity contribution in [2.75, 3.05) is 18.5 Å². The van der Waals surface area contributed by atoms with Crippen LogP contribution in [0.4, 0.5) is 10.1 Å². The van der Waals surface area contributed by atoms with Crippen LogP contribution in [-0.2, 0) is 17.8 Å². The molecule has 0 bridgehead atoms. The van der Waals surface area contributed by atoms with Gasteiger partial charge in [-0.3, -0.25) is 4.98 Å². The van der Waals surface area contributed by atoms with E-state index in [1.54, 1.807) is 6.07 Å². The molecule has 1 aromatic carbocycles. The van der Waals surface area contributed by atoms with Crippen molar-refractivity contribution in [2.45, 2.75) is 26.4 Å². The van der Waals surface area contributed by atoms with E-state index in [2.05, 4.69) is 17.2 Å². The summed E-state index contributed by atoms with van der Waals surface area (Å²) in [6.07, 6.45) is 1.69. The Morgan fingerprint density at radius 2 is 2.30 bits per heavy atom. The summed E-state index contributed by atoms with van der Waals surface area (Å²) in [7, 11) is 0. The first kappa shape index (κ1) is 13.6. The largest absolute Gasteiger partial charge is 0.384 e. The Hall–Kier alpha value is -1.39. The first-order chi connectivity index (χ1) is 9.72. The molecule has 0 fully saturated rings. The molecule has 0 atom stereocenters. The molecule has 3 rings (SSSR count). The molecule has 3 nitrogen and oxygen atoms in total. The van der Waals surface area contributed by atoms with E-state index in [9.17, 15) is 4.39 Å². The minimum Gasteiger partial charge on any atom is -0.384 e. The maximum absolute atomic E-state index is 14.2. The number of anilines is 1. The van der Waals surface area contributed by atoms with Crippen LogP contribution >= 0.6 is 11.6 Å². The van der Waals surface area contributed by atoms with Crippen LogP contribution in [-0.4, -0.2) is 18.1 Å². The van der Waals surface area contributed by atoms with Crippen molar-refractivity contribution in [2.24, 2.45) is 0 Å². The number of aromatic nitrogens is 1. The van der Waals surface area contributed by atoms with Gasteiger partial charge in [0.05, 0.1) is 40.5 Å². The Morgan fingerprint density at radius 3 is 3.10 bits per heavy atom. The van der Waals surface area contributed by atoms with Crippen molar-refractivity contribution in [1.82, 2.24) is 4.98 Å². The molecule has 106 valence electrons. The van der Waals surface area contributed by atoms with Crippen molar-refractivity contribution in [1.29, 1.82) is 0 Å². The lowest BCUT2D eigenvalue weighted by Crippen LogP contribution is -2.16. The molecule has 0 saturated carbocycles. The van der Waals surface area contributed by atoms with Crippen molar-refractivity contribution >= 4 is 28.2 Å². The monoisotopic (exact) mass is 294 g/mol. The van der Waals surface area contributed by atoms with Gasteiger partial charge in [-0.1, -0.05) is 18.5 Å². The number of hydrogen-bond acceptors (Lipinski definition) is 3. The predicted octanol–water partition coefficient (Wildman–Crippen LogP) is 3.92. The fourth-order valence-corrected chi connectivity index (χ4v) is 2.74. The van der Waals surface area contributed by atoms with E-state index in [1.807, 2.05) is 0 Å². The van der Waals surface area contributed by atoms with Gasteiger partial charge < -0.3 is 10.1 Å². The maximum atomic E-state index is 14.2. The molecule has 0 radical (unpaired) electrons. The van der Waals surface area contributed by atoms with Gasteiger partial charge in [-0.2, -0.15) is 0 Å². The maximum Gasteiger partial charge on any atom is 0.134 e. The molecule has 0 unspecified atom stereocenters. The second-order valence-electron chi connectivity index (χ2n) is 4.89. The molecule has 0 amide bonds. The number of hydrogen-bond donors (Lipinski definition) is 1. The van der Waals surface area contributed by atoms with E-state index in [-0.39, 0.29) is 5.82 Å². The van der Waals surface area contributed by atoms with Crippen LogP contribution in [0.5, 0.6) is 0 Å². The van der Waals surface area contributed by atoms with Gasteiger partial charge >= 0.3 is 0 Å². The van der Waals surface area contributed by atoms with E-state index in [4.69, 9.17) is 16.3 Å². The molecule has 1 N–H and O–H groups in total. The molecule has 0 aliphatic carbocycles. The van der Waals surface area contributed by atoms with Crippen molar-refractivity contribution < 1.29 is 9.13 Å². The smallest absolute Gasteiger partial charge is 0.134 e. The zero-order valence-electron chi connectivity index (χ0n) is 11.3. The lowest BCUT2D eigenvalue weighted by atomic mass is 10.0. The van der Waals surface area contributed by atoms with Crippen LogP contribution < -0.4 is 5.32 Å². The summed E-state index contributed by atoms with van der Waals surface area (Å²) in [5.41, 5.74) is 3.23. The second kappa shape index (κ2) is 5.54. The number of nitrogens with zero attached hydrogens (tertiary/aromatic N) is 1. The number of rotatable bonds is 3. The number of nitrogens with one attached hydrogen (secondary N) is 1. The molecule has 1 aromatic heterocycles. The van der Waals surface area contributed by atoms with E-state index in [0.717, 1.165) is 36.3 Å². The summed E-state index contributed by atoms with van der Waals surface area (Å²) in [6, 6.07) is 2.95. The number of pyridine rings is 1. The Balaban J connectivity index is 2.30. The van der Waals surface area contributed by atoms with Crippen molar-refractivity contribution in [3.05, 3.63) is 34.2 Å². The highest BCUT2D eigenvalue weighted by Gasteiger charge is 2.21. The highest BCUT2D eigenvalue weighted by atomic mass is 35.5. The number of halogens is 2. The van der Waals surface area contributed by atoms with Gasteiger partial charge in [0, 0.05) is 18.5 Å². The van der Waals surface area contributed by atoms with Gasteiger partial charge in [-0.25, -0.2) is 4.39 Å². The number of ether oxygens (including phenoxy) is 1. The summed E-state index contributed by atoms with van der Waals surface area (Å²) >= 11 is 6.19. The summed E-state index contributed by atoms with van der Waals surface area (Å²) in [5, 5.41) is 4.26. The van der Waals surface area contributed by atoms with Crippen LogP contribution in [0.1, 0.15) is 24.6 Å². The molecule has 0 spiro atoms. The molecule has 1 aliphatic heterocycles. The summed E-state index contributed by atoms with van der Waals surface area (Å²) in [6.45, 7) is 3.96. The summed E-state index contributed by atoms with van der Waals surface area (Å²) in [5.74, 6) is -0.302. The number of benzene rings is 1. The third-order valence-electron chi connectivity index (χ3n) is 3.51. The average Bonchev–Trinajstić information content (AvgIpc) is 2.48. The molecule has 2 heterocycles. The highest BCUT2D eigenvalue weighted by Crippen LogP contribution is 2.36. The topological polar surface area (TPSA) is 34.2 Å². The lowest BCUT2D eigenvalue weighted by molar-refractivity contribution is 0.110. The van der Waals surface area contributed by atoms with Gasteiger partial charge in [0.2, 0.25) is 0 Å². The Labute approximate surface area is 122 Å². The van der Waals surface area contributed by atoms with E-state index in [1.165, 1.54) is 6.07 Å². The van der Waals surface area contributed by atoms with E-state index in [0.29, 0.717) is 29.1 Å². The first-order valence-electron chi connectivity index (χ1n) is 6.83. The zero-order chi connectivity index (χ0) is 14.1. The van der Waals surface area contributed by atoms with E-state index >= 15 is 0 Å². The molecule has 20 heavy (non-hydrogen) atoms. The molecule has 2 aromatic rings. The van der Waals surface area contributed by atoms with Gasteiger partial charge in [-0.15, -0.1) is 0 Å². The third kappa shape index (κ3) is 2.23.